The summed E-state index contributed by atoms with van der Waals surface area (Å²) in [5.41, 5.74) is 0. The summed E-state index contributed by atoms with van der Waals surface area (Å²) in [6, 6.07) is 0.611. The lowest BCUT2D eigenvalue weighted by Gasteiger charge is -2.20. The lowest BCUT2D eigenvalue weighted by Crippen LogP contribution is -2.33. The minimum absolute atomic E-state index is 0.253. The van der Waals surface area contributed by atoms with Crippen LogP contribution in [0, 0.1) is 6.57 Å². The maximum Gasteiger partial charge on any atom is 0.228 e. The van der Waals surface area contributed by atoms with Crippen molar-refractivity contribution in [3.05, 3.63) is 11.4 Å². The van der Waals surface area contributed by atoms with E-state index in [-0.39, 0.29) is 6.04 Å². The van der Waals surface area contributed by atoms with Crippen LogP contribution in [0.1, 0.15) is 25.7 Å². The van der Waals surface area contributed by atoms with Crippen LogP contribution in [0.3, 0.4) is 0 Å². The van der Waals surface area contributed by atoms with Gasteiger partial charge in [0.1, 0.15) is 0 Å². The Morgan fingerprint density at radius 3 is 2.00 bits per heavy atom. The Labute approximate surface area is 102 Å². The van der Waals surface area contributed by atoms with Gasteiger partial charge in [0.05, 0.1) is 13.2 Å². The van der Waals surface area contributed by atoms with Crippen LogP contribution in [0.25, 0.3) is 4.85 Å². The highest BCUT2D eigenvalue weighted by molar-refractivity contribution is 5.46. The van der Waals surface area contributed by atoms with E-state index in [9.17, 15) is 4.79 Å². The van der Waals surface area contributed by atoms with Gasteiger partial charge in [0.15, 0.2) is 0 Å². The predicted octanol–water partition coefficient (Wildman–Crippen LogP) is 0.996. The molecule has 5 heteroatoms. The van der Waals surface area contributed by atoms with E-state index < -0.39 is 0 Å². The second kappa shape index (κ2) is 8.97. The second-order valence-corrected chi connectivity index (χ2v) is 4.14. The van der Waals surface area contributed by atoms with E-state index in [0.29, 0.717) is 6.04 Å². The molecule has 1 amide bonds. The molecule has 2 fully saturated rings. The monoisotopic (exact) mass is 240 g/mol. The Hall–Kier alpha value is -1.12. The molecule has 2 aliphatic heterocycles. The number of amides is 1. The molecule has 96 valence electrons. The Kier molecular flexibility index (Phi) is 7.35. The standard InChI is InChI=1S/C6H11NO2.C6H9NO/c8-5-7-6-1-3-9-4-2-6;1-7-6-2-4-8-5-3-6/h5-6H,1-4H2,(H,7,8);6H,2-5H2. The number of carbonyl (C=O) groups excluding carboxylic acids is 1. The van der Waals surface area contributed by atoms with Crippen LogP contribution in [-0.4, -0.2) is 44.9 Å². The van der Waals surface area contributed by atoms with Crippen LogP contribution in [0.2, 0.25) is 0 Å². The fourth-order valence-electron chi connectivity index (χ4n) is 1.77. The number of nitrogens with one attached hydrogen (secondary N) is 1. The maximum atomic E-state index is 9.92. The zero-order valence-corrected chi connectivity index (χ0v) is 10.1. The minimum atomic E-state index is 0.253. The van der Waals surface area contributed by atoms with Gasteiger partial charge in [-0.2, -0.15) is 0 Å². The van der Waals surface area contributed by atoms with E-state index in [0.717, 1.165) is 58.5 Å². The molecule has 5 nitrogen and oxygen atoms in total. The van der Waals surface area contributed by atoms with E-state index in [1.807, 2.05) is 0 Å². The average Bonchev–Trinajstić information content (AvgIpc) is 2.42. The smallest absolute Gasteiger partial charge is 0.228 e. The van der Waals surface area contributed by atoms with Gasteiger partial charge in [-0.3, -0.25) is 4.79 Å². The maximum absolute atomic E-state index is 9.92. The highest BCUT2D eigenvalue weighted by Crippen LogP contribution is 2.09. The molecule has 2 rings (SSSR count). The van der Waals surface area contributed by atoms with E-state index >= 15 is 0 Å². The molecule has 17 heavy (non-hydrogen) atoms. The number of hydrogen-bond donors (Lipinski definition) is 1. The first-order valence-electron chi connectivity index (χ1n) is 6.08. The largest absolute Gasteiger partial charge is 0.381 e. The van der Waals surface area contributed by atoms with Gasteiger partial charge in [-0.15, -0.1) is 0 Å². The van der Waals surface area contributed by atoms with Crippen LogP contribution in [-0.2, 0) is 14.3 Å². The van der Waals surface area contributed by atoms with Crippen LogP contribution in [0.5, 0.6) is 0 Å². The lowest BCUT2D eigenvalue weighted by molar-refractivity contribution is -0.110. The van der Waals surface area contributed by atoms with Crippen molar-refractivity contribution >= 4 is 6.41 Å². The van der Waals surface area contributed by atoms with E-state index in [1.165, 1.54) is 0 Å². The van der Waals surface area contributed by atoms with Crippen molar-refractivity contribution < 1.29 is 14.3 Å². The number of carbonyl (C=O) groups is 1. The van der Waals surface area contributed by atoms with Crippen molar-refractivity contribution in [3.63, 3.8) is 0 Å². The molecule has 0 aliphatic carbocycles. The molecular formula is C12H20N2O3. The summed E-state index contributed by atoms with van der Waals surface area (Å²) in [6.45, 7) is 9.80. The molecule has 0 aromatic rings. The predicted molar refractivity (Wildman–Crippen MR) is 63.5 cm³/mol. The highest BCUT2D eigenvalue weighted by Gasteiger charge is 2.16. The summed E-state index contributed by atoms with van der Waals surface area (Å²) in [5, 5.41) is 2.72. The Balaban J connectivity index is 0.000000171. The molecule has 0 spiro atoms. The third-order valence-corrected chi connectivity index (χ3v) is 2.90. The van der Waals surface area contributed by atoms with Crippen molar-refractivity contribution in [3.8, 4) is 0 Å². The Morgan fingerprint density at radius 1 is 1.06 bits per heavy atom. The zero-order chi connectivity index (χ0) is 12.3. The molecule has 2 aliphatic rings. The van der Waals surface area contributed by atoms with Crippen LogP contribution >= 0.6 is 0 Å². The normalized spacial score (nSPS) is 21.8. The van der Waals surface area contributed by atoms with E-state index in [4.69, 9.17) is 16.0 Å². The quantitative estimate of drug-likeness (QED) is 0.578. The van der Waals surface area contributed by atoms with Gasteiger partial charge in [0.2, 0.25) is 12.5 Å². The van der Waals surface area contributed by atoms with Crippen molar-refractivity contribution in [1.82, 2.24) is 5.32 Å². The number of nitrogens with zero attached hydrogens (tertiary/aromatic N) is 1. The third kappa shape index (κ3) is 6.25. The summed E-state index contributed by atoms with van der Waals surface area (Å²) >= 11 is 0. The van der Waals surface area contributed by atoms with E-state index in [1.54, 1.807) is 0 Å². The van der Waals surface area contributed by atoms with Gasteiger partial charge in [0, 0.05) is 32.1 Å². The van der Waals surface area contributed by atoms with Gasteiger partial charge >= 0.3 is 0 Å². The SMILES string of the molecule is O=CNC1CCOCC1.[C-]#[N+]C1CCOCC1. The van der Waals surface area contributed by atoms with Crippen LogP contribution in [0.15, 0.2) is 0 Å². The molecule has 0 unspecified atom stereocenters. The topological polar surface area (TPSA) is 51.9 Å². The molecule has 0 aromatic heterocycles. The molecule has 0 saturated carbocycles. The van der Waals surface area contributed by atoms with Gasteiger partial charge in [-0.1, -0.05) is 0 Å². The molecule has 0 atom stereocenters. The van der Waals surface area contributed by atoms with Crippen molar-refractivity contribution in [2.75, 3.05) is 26.4 Å². The first-order valence-corrected chi connectivity index (χ1v) is 6.08. The third-order valence-electron chi connectivity index (χ3n) is 2.90. The fourth-order valence-corrected chi connectivity index (χ4v) is 1.77. The first-order chi connectivity index (χ1) is 8.36. The Bertz CT molecular complexity index is 241. The average molecular weight is 240 g/mol. The lowest BCUT2D eigenvalue weighted by atomic mass is 10.1. The molecule has 0 bridgehead atoms. The van der Waals surface area contributed by atoms with Gasteiger partial charge in [0.25, 0.3) is 0 Å². The van der Waals surface area contributed by atoms with Crippen molar-refractivity contribution in [2.45, 2.75) is 37.8 Å². The van der Waals surface area contributed by atoms with Gasteiger partial charge < -0.3 is 19.6 Å². The van der Waals surface area contributed by atoms with Crippen LogP contribution in [0.4, 0.5) is 0 Å². The molecule has 2 heterocycles. The zero-order valence-electron chi connectivity index (χ0n) is 10.1. The molecular weight excluding hydrogens is 220 g/mol. The summed E-state index contributed by atoms with van der Waals surface area (Å²) in [7, 11) is 0. The first kappa shape index (κ1) is 13.9. The number of ether oxygens (including phenoxy) is 2. The number of rotatable bonds is 2. The van der Waals surface area contributed by atoms with Crippen molar-refractivity contribution in [2.24, 2.45) is 0 Å². The highest BCUT2D eigenvalue weighted by atomic mass is 16.5. The second-order valence-electron chi connectivity index (χ2n) is 4.14. The fraction of sp³-hybridized carbons (Fsp3) is 0.833. The van der Waals surface area contributed by atoms with Gasteiger partial charge in [-0.25, -0.2) is 6.57 Å². The molecule has 0 radical (unpaired) electrons. The minimum Gasteiger partial charge on any atom is -0.381 e. The summed E-state index contributed by atoms with van der Waals surface area (Å²) in [5.74, 6) is 0. The van der Waals surface area contributed by atoms with Crippen LogP contribution < -0.4 is 5.32 Å². The molecule has 1 N–H and O–H groups in total. The van der Waals surface area contributed by atoms with Gasteiger partial charge in [-0.05, 0) is 12.8 Å². The van der Waals surface area contributed by atoms with Crippen molar-refractivity contribution in [1.29, 1.82) is 0 Å². The summed E-state index contributed by atoms with van der Waals surface area (Å²) in [6.07, 6.45) is 4.54. The summed E-state index contributed by atoms with van der Waals surface area (Å²) in [4.78, 5) is 13.3. The van der Waals surface area contributed by atoms with E-state index in [2.05, 4.69) is 10.2 Å². The molecule has 2 saturated heterocycles. The number of hydrogen-bond acceptors (Lipinski definition) is 3. The molecule has 0 aromatic carbocycles. The summed E-state index contributed by atoms with van der Waals surface area (Å²) < 4.78 is 10.1. The Morgan fingerprint density at radius 2 is 1.59 bits per heavy atom.